The van der Waals surface area contributed by atoms with Crippen molar-refractivity contribution in [2.24, 2.45) is 5.92 Å². The highest BCUT2D eigenvalue weighted by Gasteiger charge is 2.17. The molecule has 1 saturated heterocycles. The zero-order chi connectivity index (χ0) is 16.2. The summed E-state index contributed by atoms with van der Waals surface area (Å²) in [6.07, 6.45) is 4.33. The Labute approximate surface area is 141 Å². The number of carbonyl (C=O) groups is 1. The summed E-state index contributed by atoms with van der Waals surface area (Å²) in [7, 11) is 0. The monoisotopic (exact) mass is 329 g/mol. The molecule has 1 amide bonds. The number of carbonyl (C=O) groups excluding carboxylic acids is 1. The van der Waals surface area contributed by atoms with Gasteiger partial charge in [0.15, 0.2) is 0 Å². The van der Waals surface area contributed by atoms with E-state index in [2.05, 4.69) is 22.1 Å². The van der Waals surface area contributed by atoms with Gasteiger partial charge in [-0.05, 0) is 49.1 Å². The van der Waals surface area contributed by atoms with Gasteiger partial charge in [0.25, 0.3) is 5.91 Å². The van der Waals surface area contributed by atoms with Crippen molar-refractivity contribution in [2.75, 3.05) is 23.3 Å². The van der Waals surface area contributed by atoms with E-state index in [9.17, 15) is 4.79 Å². The molecule has 5 heteroatoms. The predicted octanol–water partition coefficient (Wildman–Crippen LogP) is 4.22. The van der Waals surface area contributed by atoms with Crippen LogP contribution >= 0.6 is 11.6 Å². The summed E-state index contributed by atoms with van der Waals surface area (Å²) < 4.78 is 0. The Morgan fingerprint density at radius 3 is 2.91 bits per heavy atom. The average molecular weight is 330 g/mol. The summed E-state index contributed by atoms with van der Waals surface area (Å²) in [5, 5.41) is 3.34. The SMILES string of the molecule is CC1CCCN(c2ccc(NC(=O)c3cccc(Cl)c3)nc2)C1. The molecule has 1 aromatic heterocycles. The minimum Gasteiger partial charge on any atom is -0.370 e. The number of halogens is 1. The van der Waals surface area contributed by atoms with Crippen molar-refractivity contribution in [3.63, 3.8) is 0 Å². The maximum atomic E-state index is 12.2. The normalized spacial score (nSPS) is 17.8. The van der Waals surface area contributed by atoms with Crippen molar-refractivity contribution >= 4 is 29.0 Å². The van der Waals surface area contributed by atoms with Crippen molar-refractivity contribution < 1.29 is 4.79 Å². The Hall–Kier alpha value is -2.07. The number of amides is 1. The van der Waals surface area contributed by atoms with E-state index in [1.165, 1.54) is 12.8 Å². The van der Waals surface area contributed by atoms with E-state index < -0.39 is 0 Å². The molecule has 0 bridgehead atoms. The largest absolute Gasteiger partial charge is 0.370 e. The molecule has 2 heterocycles. The first-order valence-corrected chi connectivity index (χ1v) is 8.27. The Bertz CT molecular complexity index is 687. The molecule has 0 aliphatic carbocycles. The summed E-state index contributed by atoms with van der Waals surface area (Å²) in [6.45, 7) is 4.41. The Morgan fingerprint density at radius 2 is 2.22 bits per heavy atom. The lowest BCUT2D eigenvalue weighted by Gasteiger charge is -2.32. The molecular weight excluding hydrogens is 310 g/mol. The summed E-state index contributed by atoms with van der Waals surface area (Å²) in [5.74, 6) is 1.05. The average Bonchev–Trinajstić information content (AvgIpc) is 2.55. The van der Waals surface area contributed by atoms with E-state index in [0.717, 1.165) is 18.8 Å². The van der Waals surface area contributed by atoms with Gasteiger partial charge in [0, 0.05) is 23.7 Å². The lowest BCUT2D eigenvalue weighted by molar-refractivity contribution is 0.102. The van der Waals surface area contributed by atoms with Crippen LogP contribution < -0.4 is 10.2 Å². The molecule has 4 nitrogen and oxygen atoms in total. The van der Waals surface area contributed by atoms with Gasteiger partial charge >= 0.3 is 0 Å². The van der Waals surface area contributed by atoms with E-state index in [1.54, 1.807) is 24.3 Å². The van der Waals surface area contributed by atoms with Gasteiger partial charge < -0.3 is 10.2 Å². The molecule has 3 rings (SSSR count). The topological polar surface area (TPSA) is 45.2 Å². The smallest absolute Gasteiger partial charge is 0.256 e. The number of nitrogens with zero attached hydrogens (tertiary/aromatic N) is 2. The van der Waals surface area contributed by atoms with Crippen molar-refractivity contribution in [1.29, 1.82) is 0 Å². The minimum atomic E-state index is -0.209. The van der Waals surface area contributed by atoms with Gasteiger partial charge in [0.05, 0.1) is 11.9 Å². The molecule has 1 aliphatic rings. The summed E-state index contributed by atoms with van der Waals surface area (Å²) >= 11 is 5.91. The second-order valence-corrected chi connectivity index (χ2v) is 6.50. The van der Waals surface area contributed by atoms with Gasteiger partial charge in [-0.1, -0.05) is 24.6 Å². The summed E-state index contributed by atoms with van der Waals surface area (Å²) in [6, 6.07) is 10.7. The maximum Gasteiger partial charge on any atom is 0.256 e. The van der Waals surface area contributed by atoms with E-state index in [-0.39, 0.29) is 5.91 Å². The minimum absolute atomic E-state index is 0.209. The van der Waals surface area contributed by atoms with Gasteiger partial charge in [-0.2, -0.15) is 0 Å². The van der Waals surface area contributed by atoms with E-state index in [0.29, 0.717) is 22.3 Å². The van der Waals surface area contributed by atoms with Crippen LogP contribution in [0.4, 0.5) is 11.5 Å². The number of rotatable bonds is 3. The van der Waals surface area contributed by atoms with Crippen LogP contribution in [0, 0.1) is 5.92 Å². The van der Waals surface area contributed by atoms with Crippen LogP contribution in [0.1, 0.15) is 30.1 Å². The molecule has 0 radical (unpaired) electrons. The third-order valence-corrected chi connectivity index (χ3v) is 4.33. The zero-order valence-electron chi connectivity index (χ0n) is 13.1. The molecule has 120 valence electrons. The van der Waals surface area contributed by atoms with Gasteiger partial charge in [-0.15, -0.1) is 0 Å². The van der Waals surface area contributed by atoms with Gasteiger partial charge in [-0.25, -0.2) is 4.98 Å². The van der Waals surface area contributed by atoms with Crippen molar-refractivity contribution in [2.45, 2.75) is 19.8 Å². The van der Waals surface area contributed by atoms with Gasteiger partial charge in [0.2, 0.25) is 0 Å². The number of piperidine rings is 1. The lowest BCUT2D eigenvalue weighted by Crippen LogP contribution is -2.34. The van der Waals surface area contributed by atoms with Crippen LogP contribution in [0.3, 0.4) is 0 Å². The highest BCUT2D eigenvalue weighted by atomic mass is 35.5. The number of anilines is 2. The fraction of sp³-hybridized carbons (Fsp3) is 0.333. The van der Waals surface area contributed by atoms with E-state index in [1.807, 2.05) is 18.3 Å². The molecule has 1 aliphatic heterocycles. The number of aromatic nitrogens is 1. The Morgan fingerprint density at radius 1 is 1.35 bits per heavy atom. The molecule has 1 N–H and O–H groups in total. The quantitative estimate of drug-likeness (QED) is 0.916. The lowest BCUT2D eigenvalue weighted by atomic mass is 10.00. The molecule has 1 atom stereocenters. The summed E-state index contributed by atoms with van der Waals surface area (Å²) in [4.78, 5) is 18.9. The highest BCUT2D eigenvalue weighted by molar-refractivity contribution is 6.31. The van der Waals surface area contributed by atoms with E-state index >= 15 is 0 Å². The van der Waals surface area contributed by atoms with Crippen molar-refractivity contribution in [1.82, 2.24) is 4.98 Å². The third kappa shape index (κ3) is 4.02. The van der Waals surface area contributed by atoms with Crippen molar-refractivity contribution in [3.05, 3.63) is 53.2 Å². The number of hydrogen-bond donors (Lipinski definition) is 1. The first-order valence-electron chi connectivity index (χ1n) is 7.90. The molecule has 1 unspecified atom stereocenters. The number of benzene rings is 1. The predicted molar refractivity (Wildman–Crippen MR) is 94.3 cm³/mol. The second kappa shape index (κ2) is 7.01. The van der Waals surface area contributed by atoms with Crippen LogP contribution in [0.25, 0.3) is 0 Å². The zero-order valence-corrected chi connectivity index (χ0v) is 13.9. The van der Waals surface area contributed by atoms with Crippen LogP contribution in [0.2, 0.25) is 5.02 Å². The molecule has 23 heavy (non-hydrogen) atoms. The van der Waals surface area contributed by atoms with Crippen LogP contribution in [0.15, 0.2) is 42.6 Å². The van der Waals surface area contributed by atoms with Crippen molar-refractivity contribution in [3.8, 4) is 0 Å². The number of pyridine rings is 1. The fourth-order valence-corrected chi connectivity index (χ4v) is 3.08. The molecule has 1 aromatic carbocycles. The molecule has 0 saturated carbocycles. The molecular formula is C18H20ClN3O. The fourth-order valence-electron chi connectivity index (χ4n) is 2.89. The third-order valence-electron chi connectivity index (χ3n) is 4.10. The number of hydrogen-bond acceptors (Lipinski definition) is 3. The van der Waals surface area contributed by atoms with Crippen LogP contribution in [-0.2, 0) is 0 Å². The molecule has 1 fully saturated rings. The first-order chi connectivity index (χ1) is 11.1. The maximum absolute atomic E-state index is 12.2. The highest BCUT2D eigenvalue weighted by Crippen LogP contribution is 2.23. The number of nitrogens with one attached hydrogen (secondary N) is 1. The first kappa shape index (κ1) is 15.8. The Balaban J connectivity index is 1.66. The Kier molecular flexibility index (Phi) is 4.82. The second-order valence-electron chi connectivity index (χ2n) is 6.06. The van der Waals surface area contributed by atoms with Gasteiger partial charge in [0.1, 0.15) is 5.82 Å². The van der Waals surface area contributed by atoms with E-state index in [4.69, 9.17) is 11.6 Å². The summed E-state index contributed by atoms with van der Waals surface area (Å²) in [5.41, 5.74) is 1.63. The standard InChI is InChI=1S/C18H20ClN3O/c1-13-4-3-9-22(12-13)16-7-8-17(20-11-16)21-18(23)14-5-2-6-15(19)10-14/h2,5-8,10-11,13H,3-4,9,12H2,1H3,(H,20,21,23). The molecule has 0 spiro atoms. The molecule has 2 aromatic rings. The van der Waals surface area contributed by atoms with Crippen LogP contribution in [-0.4, -0.2) is 24.0 Å². The van der Waals surface area contributed by atoms with Crippen LogP contribution in [0.5, 0.6) is 0 Å². The van der Waals surface area contributed by atoms with Gasteiger partial charge in [-0.3, -0.25) is 4.79 Å².